The fourth-order valence-electron chi connectivity index (χ4n) is 2.12. The molecule has 0 aromatic heterocycles. The second kappa shape index (κ2) is 8.24. The summed E-state index contributed by atoms with van der Waals surface area (Å²) in [6, 6.07) is 16.0. The van der Waals surface area contributed by atoms with Gasteiger partial charge in [-0.15, -0.1) is 0 Å². The van der Waals surface area contributed by atoms with E-state index in [0.29, 0.717) is 12.2 Å². The van der Waals surface area contributed by atoms with Crippen LogP contribution in [0.3, 0.4) is 0 Å². The molecule has 0 aliphatic heterocycles. The molecule has 2 rings (SSSR count). The van der Waals surface area contributed by atoms with Gasteiger partial charge in [-0.2, -0.15) is 0 Å². The number of aryl methyl sites for hydroxylation is 1. The van der Waals surface area contributed by atoms with Crippen LogP contribution in [0.2, 0.25) is 0 Å². The molecule has 128 valence electrons. The van der Waals surface area contributed by atoms with E-state index in [2.05, 4.69) is 11.3 Å². The number of nitrogens with one attached hydrogen (secondary N) is 1. The summed E-state index contributed by atoms with van der Waals surface area (Å²) in [6.07, 6.45) is 0. The van der Waals surface area contributed by atoms with Gasteiger partial charge in [-0.25, -0.2) is 13.1 Å². The van der Waals surface area contributed by atoms with Crippen LogP contribution in [0.15, 0.2) is 71.6 Å². The summed E-state index contributed by atoms with van der Waals surface area (Å²) in [5.74, 6) is 0. The van der Waals surface area contributed by atoms with Crippen molar-refractivity contribution in [1.82, 2.24) is 4.72 Å². The molecular formula is C19H23NO3S. The van der Waals surface area contributed by atoms with E-state index in [1.807, 2.05) is 37.3 Å². The maximum Gasteiger partial charge on any atom is 0.241 e. The first-order valence-electron chi connectivity index (χ1n) is 7.74. The summed E-state index contributed by atoms with van der Waals surface area (Å²) in [4.78, 5) is 0.238. The van der Waals surface area contributed by atoms with Gasteiger partial charge in [0, 0.05) is 0 Å². The maximum absolute atomic E-state index is 12.5. The van der Waals surface area contributed by atoms with Gasteiger partial charge in [0.2, 0.25) is 10.0 Å². The van der Waals surface area contributed by atoms with Gasteiger partial charge < -0.3 is 4.74 Å². The molecular weight excluding hydrogens is 322 g/mol. The highest BCUT2D eigenvalue weighted by molar-refractivity contribution is 7.89. The van der Waals surface area contributed by atoms with Crippen LogP contribution < -0.4 is 4.72 Å². The van der Waals surface area contributed by atoms with Crippen molar-refractivity contribution in [3.63, 3.8) is 0 Å². The van der Waals surface area contributed by atoms with Crippen molar-refractivity contribution in [3.8, 4) is 0 Å². The van der Waals surface area contributed by atoms with Gasteiger partial charge in [-0.05, 0) is 31.5 Å². The molecule has 24 heavy (non-hydrogen) atoms. The second-order valence-electron chi connectivity index (χ2n) is 5.83. The van der Waals surface area contributed by atoms with Crippen molar-refractivity contribution >= 4 is 10.0 Å². The van der Waals surface area contributed by atoms with E-state index < -0.39 is 16.1 Å². The highest BCUT2D eigenvalue weighted by Gasteiger charge is 2.20. The van der Waals surface area contributed by atoms with Gasteiger partial charge in [0.1, 0.15) is 0 Å². The van der Waals surface area contributed by atoms with Crippen molar-refractivity contribution in [2.45, 2.75) is 31.4 Å². The van der Waals surface area contributed by atoms with E-state index in [4.69, 9.17) is 4.74 Å². The number of hydrogen-bond acceptors (Lipinski definition) is 3. The van der Waals surface area contributed by atoms with Gasteiger partial charge in [-0.3, -0.25) is 0 Å². The summed E-state index contributed by atoms with van der Waals surface area (Å²) < 4.78 is 33.3. The zero-order valence-electron chi connectivity index (χ0n) is 14.0. The lowest BCUT2D eigenvalue weighted by molar-refractivity contribution is 0.111. The average Bonchev–Trinajstić information content (AvgIpc) is 2.55. The number of benzene rings is 2. The Morgan fingerprint density at radius 1 is 1.12 bits per heavy atom. The predicted octanol–water partition coefficient (Wildman–Crippen LogP) is 3.43. The lowest BCUT2D eigenvalue weighted by Gasteiger charge is -2.19. The molecule has 0 aliphatic rings. The summed E-state index contributed by atoms with van der Waals surface area (Å²) in [5, 5.41) is 0. The number of hydrogen-bond donors (Lipinski definition) is 1. The highest BCUT2D eigenvalue weighted by atomic mass is 32.2. The quantitative estimate of drug-likeness (QED) is 0.746. The van der Waals surface area contributed by atoms with Crippen LogP contribution in [-0.4, -0.2) is 21.1 Å². The molecule has 4 nitrogen and oxygen atoms in total. The van der Waals surface area contributed by atoms with Crippen molar-refractivity contribution in [3.05, 3.63) is 77.9 Å². The minimum absolute atomic E-state index is 0.231. The molecule has 0 bridgehead atoms. The van der Waals surface area contributed by atoms with E-state index in [-0.39, 0.29) is 11.5 Å². The third kappa shape index (κ3) is 5.30. The first kappa shape index (κ1) is 18.4. The van der Waals surface area contributed by atoms with E-state index in [9.17, 15) is 8.42 Å². The number of ether oxygens (including phenoxy) is 1. The van der Waals surface area contributed by atoms with Crippen molar-refractivity contribution in [2.24, 2.45) is 0 Å². The summed E-state index contributed by atoms with van der Waals surface area (Å²) in [6.45, 7) is 8.23. The maximum atomic E-state index is 12.5. The molecule has 0 saturated heterocycles. The summed E-state index contributed by atoms with van der Waals surface area (Å²) in [5.41, 5.74) is 2.76. The lowest BCUT2D eigenvalue weighted by atomic mass is 10.2. The zero-order valence-corrected chi connectivity index (χ0v) is 14.8. The molecule has 1 atom stereocenters. The van der Waals surface area contributed by atoms with Crippen molar-refractivity contribution in [2.75, 3.05) is 6.61 Å². The third-order valence-electron chi connectivity index (χ3n) is 3.62. The van der Waals surface area contributed by atoms with Crippen molar-refractivity contribution < 1.29 is 13.2 Å². The normalized spacial score (nSPS) is 12.8. The molecule has 1 N–H and O–H groups in total. The van der Waals surface area contributed by atoms with E-state index in [1.165, 1.54) is 0 Å². The van der Waals surface area contributed by atoms with Crippen molar-refractivity contribution in [1.29, 1.82) is 0 Å². The van der Waals surface area contributed by atoms with Crippen LogP contribution in [0.5, 0.6) is 0 Å². The molecule has 0 radical (unpaired) electrons. The molecule has 2 aromatic rings. The van der Waals surface area contributed by atoms with Crippen LogP contribution in [0, 0.1) is 6.92 Å². The first-order valence-corrected chi connectivity index (χ1v) is 9.23. The largest absolute Gasteiger partial charge is 0.375 e. The topological polar surface area (TPSA) is 55.4 Å². The van der Waals surface area contributed by atoms with E-state index in [0.717, 1.165) is 11.1 Å². The fraction of sp³-hybridized carbons (Fsp3) is 0.263. The second-order valence-corrected chi connectivity index (χ2v) is 7.55. The third-order valence-corrected chi connectivity index (χ3v) is 5.11. The Labute approximate surface area is 144 Å². The predicted molar refractivity (Wildman–Crippen MR) is 96.2 cm³/mol. The van der Waals surface area contributed by atoms with Crippen LogP contribution in [0.25, 0.3) is 0 Å². The summed E-state index contributed by atoms with van der Waals surface area (Å²) >= 11 is 0. The van der Waals surface area contributed by atoms with Gasteiger partial charge in [-0.1, -0.05) is 60.2 Å². The first-order chi connectivity index (χ1) is 11.4. The molecule has 0 spiro atoms. The standard InChI is InChI=1S/C19H23NO3S/c1-15(2)19(14-23-13-17-7-5-4-6-8-17)20-24(21,22)18-11-9-16(3)10-12-18/h4-12,19-20H,1,13-14H2,2-3H3/t19-/m0/s1. The van der Waals surface area contributed by atoms with Gasteiger partial charge in [0.25, 0.3) is 0 Å². The van der Waals surface area contributed by atoms with E-state index >= 15 is 0 Å². The molecule has 0 unspecified atom stereocenters. The molecule has 5 heteroatoms. The average molecular weight is 345 g/mol. The van der Waals surface area contributed by atoms with Crippen LogP contribution in [0.4, 0.5) is 0 Å². The Morgan fingerprint density at radius 2 is 1.75 bits per heavy atom. The molecule has 0 amide bonds. The van der Waals surface area contributed by atoms with Crippen LogP contribution in [-0.2, 0) is 21.4 Å². The molecule has 2 aromatic carbocycles. The van der Waals surface area contributed by atoms with Gasteiger partial charge in [0.05, 0.1) is 24.2 Å². The molecule has 0 aliphatic carbocycles. The summed E-state index contributed by atoms with van der Waals surface area (Å²) in [7, 11) is -3.61. The number of rotatable bonds is 8. The smallest absolute Gasteiger partial charge is 0.241 e. The minimum atomic E-state index is -3.61. The highest BCUT2D eigenvalue weighted by Crippen LogP contribution is 2.13. The Kier molecular flexibility index (Phi) is 6.31. The Balaban J connectivity index is 2.00. The minimum Gasteiger partial charge on any atom is -0.375 e. The SMILES string of the molecule is C=C(C)[C@H](COCc1ccccc1)NS(=O)(=O)c1ccc(C)cc1. The van der Waals surface area contributed by atoms with Crippen LogP contribution in [0.1, 0.15) is 18.1 Å². The van der Waals surface area contributed by atoms with Crippen LogP contribution >= 0.6 is 0 Å². The monoisotopic (exact) mass is 345 g/mol. The van der Waals surface area contributed by atoms with Gasteiger partial charge >= 0.3 is 0 Å². The molecule has 0 saturated carbocycles. The fourth-order valence-corrected chi connectivity index (χ4v) is 3.39. The van der Waals surface area contributed by atoms with E-state index in [1.54, 1.807) is 31.2 Å². The Morgan fingerprint density at radius 3 is 2.33 bits per heavy atom. The zero-order chi connectivity index (χ0) is 17.6. The van der Waals surface area contributed by atoms with Gasteiger partial charge in [0.15, 0.2) is 0 Å². The Hall–Kier alpha value is -1.95. The molecule has 0 fully saturated rings. The number of sulfonamides is 1. The lowest BCUT2D eigenvalue weighted by Crippen LogP contribution is -2.38. The molecule has 0 heterocycles. The Bertz CT molecular complexity index is 768.